The summed E-state index contributed by atoms with van der Waals surface area (Å²) in [5.74, 6) is 1.86. The lowest BCUT2D eigenvalue weighted by atomic mass is 10.1. The summed E-state index contributed by atoms with van der Waals surface area (Å²) in [6.07, 6.45) is 3.22. The maximum absolute atomic E-state index is 12.3. The smallest absolute Gasteiger partial charge is 0.223 e. The summed E-state index contributed by atoms with van der Waals surface area (Å²) in [7, 11) is 0. The van der Waals surface area contributed by atoms with Gasteiger partial charge in [-0.25, -0.2) is 9.67 Å². The fraction of sp³-hybridized carbons (Fsp3) is 0.348. The number of nitrogens with zero attached hydrogens (tertiary/aromatic N) is 4. The summed E-state index contributed by atoms with van der Waals surface area (Å²) in [5, 5.41) is 4.81. The van der Waals surface area contributed by atoms with Crippen molar-refractivity contribution in [2.75, 3.05) is 6.54 Å². The van der Waals surface area contributed by atoms with Crippen LogP contribution in [0, 0.1) is 6.92 Å². The Labute approximate surface area is 166 Å². The number of hydrogen-bond acceptors (Lipinski definition) is 3. The normalized spacial score (nSPS) is 15.2. The molecule has 0 bridgehead atoms. The van der Waals surface area contributed by atoms with Crippen LogP contribution in [0.5, 0.6) is 0 Å². The fourth-order valence-corrected chi connectivity index (χ4v) is 3.74. The van der Waals surface area contributed by atoms with Gasteiger partial charge in [0.05, 0.1) is 11.7 Å². The molecule has 1 unspecified atom stereocenters. The second-order valence-corrected chi connectivity index (χ2v) is 7.49. The minimum absolute atomic E-state index is 0.0886. The van der Waals surface area contributed by atoms with Crippen molar-refractivity contribution in [2.45, 2.75) is 45.6 Å². The van der Waals surface area contributed by atoms with E-state index < -0.39 is 0 Å². The quantitative estimate of drug-likeness (QED) is 0.654. The number of aromatic nitrogens is 3. The number of benzene rings is 2. The van der Waals surface area contributed by atoms with E-state index in [1.807, 2.05) is 15.6 Å². The lowest BCUT2D eigenvalue weighted by Gasteiger charge is -2.23. The first-order valence-corrected chi connectivity index (χ1v) is 9.98. The third kappa shape index (κ3) is 3.84. The Morgan fingerprint density at radius 2 is 1.79 bits per heavy atom. The molecular formula is C23H26N4O. The van der Waals surface area contributed by atoms with Gasteiger partial charge >= 0.3 is 0 Å². The second kappa shape index (κ2) is 7.97. The lowest BCUT2D eigenvalue weighted by molar-refractivity contribution is -0.129. The van der Waals surface area contributed by atoms with Crippen molar-refractivity contribution in [3.05, 3.63) is 77.4 Å². The van der Waals surface area contributed by atoms with E-state index in [9.17, 15) is 4.79 Å². The molecule has 4 rings (SSSR count). The Hall–Kier alpha value is -2.95. The third-order valence-corrected chi connectivity index (χ3v) is 5.39. The van der Waals surface area contributed by atoms with Crippen LogP contribution >= 0.6 is 0 Å². The Kier molecular flexibility index (Phi) is 5.24. The molecule has 1 fully saturated rings. The van der Waals surface area contributed by atoms with Crippen molar-refractivity contribution in [3.63, 3.8) is 0 Å². The van der Waals surface area contributed by atoms with Crippen LogP contribution in [0.15, 0.2) is 54.6 Å². The average molecular weight is 374 g/mol. The monoisotopic (exact) mass is 374 g/mol. The molecule has 3 aromatic rings. The zero-order valence-electron chi connectivity index (χ0n) is 16.5. The van der Waals surface area contributed by atoms with Gasteiger partial charge in [-0.05, 0) is 44.4 Å². The van der Waals surface area contributed by atoms with Crippen LogP contribution in [0.3, 0.4) is 0 Å². The van der Waals surface area contributed by atoms with Crippen LogP contribution < -0.4 is 0 Å². The largest absolute Gasteiger partial charge is 0.333 e. The van der Waals surface area contributed by atoms with Crippen molar-refractivity contribution in [1.82, 2.24) is 19.7 Å². The predicted octanol–water partition coefficient (Wildman–Crippen LogP) is 4.04. The maximum Gasteiger partial charge on any atom is 0.223 e. The van der Waals surface area contributed by atoms with E-state index >= 15 is 0 Å². The molecule has 0 N–H and O–H groups in total. The first-order valence-electron chi connectivity index (χ1n) is 9.98. The number of hydrogen-bond donors (Lipinski definition) is 0. The van der Waals surface area contributed by atoms with Crippen LogP contribution in [0.25, 0.3) is 5.69 Å². The van der Waals surface area contributed by atoms with E-state index in [4.69, 9.17) is 10.1 Å². The summed E-state index contributed by atoms with van der Waals surface area (Å²) in [5.41, 5.74) is 3.47. The van der Waals surface area contributed by atoms with Crippen LogP contribution in [0.2, 0.25) is 0 Å². The molecule has 2 aromatic carbocycles. The van der Waals surface area contributed by atoms with Gasteiger partial charge in [0.2, 0.25) is 5.91 Å². The van der Waals surface area contributed by atoms with Gasteiger partial charge in [-0.15, -0.1) is 0 Å². The Morgan fingerprint density at radius 3 is 2.46 bits per heavy atom. The summed E-state index contributed by atoms with van der Waals surface area (Å²) < 4.78 is 1.91. The molecule has 0 aliphatic carbocycles. The Balaban J connectivity index is 1.65. The van der Waals surface area contributed by atoms with Crippen molar-refractivity contribution in [2.24, 2.45) is 0 Å². The molecule has 0 spiro atoms. The van der Waals surface area contributed by atoms with Crippen molar-refractivity contribution >= 4 is 5.91 Å². The summed E-state index contributed by atoms with van der Waals surface area (Å²) in [6, 6.07) is 18.6. The first kappa shape index (κ1) is 18.4. The molecule has 5 nitrogen and oxygen atoms in total. The van der Waals surface area contributed by atoms with Crippen LogP contribution in [-0.2, 0) is 17.6 Å². The van der Waals surface area contributed by atoms with Crippen molar-refractivity contribution in [3.8, 4) is 5.69 Å². The molecular weight excluding hydrogens is 348 g/mol. The molecule has 1 aromatic heterocycles. The zero-order chi connectivity index (χ0) is 19.5. The highest BCUT2D eigenvalue weighted by atomic mass is 16.2. The summed E-state index contributed by atoms with van der Waals surface area (Å²) in [4.78, 5) is 19.1. The number of aryl methyl sites for hydroxylation is 3. The Bertz CT molecular complexity index is 946. The molecule has 28 heavy (non-hydrogen) atoms. The molecule has 0 saturated carbocycles. The van der Waals surface area contributed by atoms with Crippen LogP contribution in [0.4, 0.5) is 0 Å². The number of rotatable bonds is 6. The van der Waals surface area contributed by atoms with Crippen molar-refractivity contribution < 1.29 is 4.79 Å². The van der Waals surface area contributed by atoms with Gasteiger partial charge in [0, 0.05) is 19.4 Å². The number of amides is 1. The predicted molar refractivity (Wildman–Crippen MR) is 109 cm³/mol. The van der Waals surface area contributed by atoms with Gasteiger partial charge < -0.3 is 4.90 Å². The molecule has 1 saturated heterocycles. The molecule has 1 amide bonds. The van der Waals surface area contributed by atoms with Gasteiger partial charge in [-0.3, -0.25) is 4.79 Å². The van der Waals surface area contributed by atoms with E-state index in [2.05, 4.69) is 62.4 Å². The number of likely N-dealkylation sites (tertiary alicyclic amines) is 1. The molecule has 1 atom stereocenters. The summed E-state index contributed by atoms with van der Waals surface area (Å²) >= 11 is 0. The minimum Gasteiger partial charge on any atom is -0.333 e. The second-order valence-electron chi connectivity index (χ2n) is 7.49. The highest BCUT2D eigenvalue weighted by Gasteiger charge is 2.30. The standard InChI is InChI=1S/C23H26N4O/c1-17-10-13-20(14-11-17)27-23(18(2)26-16-6-9-22(26)28)24-21(25-27)15-12-19-7-4-3-5-8-19/h3-5,7-8,10-11,13-14,18H,6,9,12,15-16H2,1-2H3. The molecule has 1 aliphatic rings. The van der Waals surface area contributed by atoms with Gasteiger partial charge in [-0.1, -0.05) is 48.0 Å². The molecule has 2 heterocycles. The minimum atomic E-state index is -0.0886. The summed E-state index contributed by atoms with van der Waals surface area (Å²) in [6.45, 7) is 4.92. The lowest BCUT2D eigenvalue weighted by Crippen LogP contribution is -2.29. The average Bonchev–Trinajstić information content (AvgIpc) is 3.34. The van der Waals surface area contributed by atoms with Crippen LogP contribution in [-0.4, -0.2) is 32.1 Å². The van der Waals surface area contributed by atoms with E-state index in [1.165, 1.54) is 11.1 Å². The van der Waals surface area contributed by atoms with Gasteiger partial charge in [0.1, 0.15) is 0 Å². The highest BCUT2D eigenvalue weighted by molar-refractivity contribution is 5.78. The maximum atomic E-state index is 12.3. The van der Waals surface area contributed by atoms with Gasteiger partial charge in [-0.2, -0.15) is 5.10 Å². The van der Waals surface area contributed by atoms with E-state index in [-0.39, 0.29) is 11.9 Å². The topological polar surface area (TPSA) is 51.0 Å². The van der Waals surface area contributed by atoms with Crippen molar-refractivity contribution in [1.29, 1.82) is 0 Å². The van der Waals surface area contributed by atoms with E-state index in [0.717, 1.165) is 43.1 Å². The SMILES string of the molecule is Cc1ccc(-n2nc(CCc3ccccc3)nc2C(C)N2CCCC2=O)cc1. The molecule has 1 aliphatic heterocycles. The van der Waals surface area contributed by atoms with Gasteiger partial charge in [0.15, 0.2) is 11.6 Å². The number of carbonyl (C=O) groups is 1. The zero-order valence-corrected chi connectivity index (χ0v) is 16.5. The molecule has 5 heteroatoms. The number of carbonyl (C=O) groups excluding carboxylic acids is 1. The fourth-order valence-electron chi connectivity index (χ4n) is 3.74. The molecule has 144 valence electrons. The first-order chi connectivity index (χ1) is 13.6. The highest BCUT2D eigenvalue weighted by Crippen LogP contribution is 2.26. The van der Waals surface area contributed by atoms with E-state index in [0.29, 0.717) is 6.42 Å². The molecule has 0 radical (unpaired) electrons. The van der Waals surface area contributed by atoms with Gasteiger partial charge in [0.25, 0.3) is 0 Å². The third-order valence-electron chi connectivity index (χ3n) is 5.39. The van der Waals surface area contributed by atoms with Crippen LogP contribution in [0.1, 0.15) is 48.6 Å². The van der Waals surface area contributed by atoms with E-state index in [1.54, 1.807) is 0 Å². The Morgan fingerprint density at radius 1 is 1.04 bits per heavy atom.